The predicted octanol–water partition coefficient (Wildman–Crippen LogP) is 3.04. The summed E-state index contributed by atoms with van der Waals surface area (Å²) in [5, 5.41) is 9.83. The Hall–Kier alpha value is -2.85. The lowest BCUT2D eigenvalue weighted by Gasteiger charge is -2.37. The van der Waals surface area contributed by atoms with Crippen molar-refractivity contribution in [2.75, 3.05) is 26.7 Å². The summed E-state index contributed by atoms with van der Waals surface area (Å²) in [5.74, 6) is 0.194. The minimum Gasteiger partial charge on any atom is -0.487 e. The first-order chi connectivity index (χ1) is 16.8. The van der Waals surface area contributed by atoms with Gasteiger partial charge in [0.15, 0.2) is 0 Å². The first-order valence-electron chi connectivity index (χ1n) is 11.7. The summed E-state index contributed by atoms with van der Waals surface area (Å²) in [6.07, 6.45) is 4.89. The maximum Gasteiger partial charge on any atom is 0.247 e. The summed E-state index contributed by atoms with van der Waals surface area (Å²) in [6, 6.07) is 14.2. The molecule has 0 aliphatic carbocycles. The Labute approximate surface area is 207 Å². The van der Waals surface area contributed by atoms with Crippen LogP contribution in [0.1, 0.15) is 19.5 Å². The van der Waals surface area contributed by atoms with Gasteiger partial charge in [0.2, 0.25) is 10.0 Å². The molecule has 0 unspecified atom stereocenters. The van der Waals surface area contributed by atoms with Crippen LogP contribution in [-0.4, -0.2) is 71.6 Å². The number of nitrogens with zero attached hydrogens (tertiary/aromatic N) is 4. The monoisotopic (exact) mass is 496 g/mol. The molecular formula is C26H32N4O4S. The fourth-order valence-corrected chi connectivity index (χ4v) is 6.13. The fraction of sp³-hybridized carbons (Fsp3) is 0.385. The van der Waals surface area contributed by atoms with E-state index in [9.17, 15) is 13.5 Å². The van der Waals surface area contributed by atoms with Gasteiger partial charge in [-0.2, -0.15) is 4.31 Å². The molecule has 1 aromatic carbocycles. The van der Waals surface area contributed by atoms with Crippen LogP contribution in [0.5, 0.6) is 5.75 Å². The van der Waals surface area contributed by atoms with Crippen molar-refractivity contribution >= 4 is 10.0 Å². The Morgan fingerprint density at radius 3 is 2.60 bits per heavy atom. The molecule has 3 atom stereocenters. The maximum atomic E-state index is 13.6. The molecule has 1 aliphatic rings. The van der Waals surface area contributed by atoms with Crippen LogP contribution in [0.3, 0.4) is 0 Å². The number of fused-ring (bicyclic) bond motifs is 1. The molecular weight excluding hydrogens is 464 g/mol. The van der Waals surface area contributed by atoms with Gasteiger partial charge in [-0.15, -0.1) is 0 Å². The van der Waals surface area contributed by atoms with Crippen LogP contribution in [0, 0.1) is 5.92 Å². The predicted molar refractivity (Wildman–Crippen MR) is 134 cm³/mol. The number of rotatable bonds is 7. The number of aromatic nitrogens is 2. The fourth-order valence-electron chi connectivity index (χ4n) is 4.31. The molecule has 0 radical (unpaired) electrons. The van der Waals surface area contributed by atoms with Crippen molar-refractivity contribution in [3.05, 3.63) is 72.8 Å². The van der Waals surface area contributed by atoms with Crippen molar-refractivity contribution in [1.82, 2.24) is 19.2 Å². The first kappa shape index (κ1) is 25.2. The van der Waals surface area contributed by atoms with Gasteiger partial charge in [-0.25, -0.2) is 8.42 Å². The highest BCUT2D eigenvalue weighted by Crippen LogP contribution is 2.36. The van der Waals surface area contributed by atoms with Gasteiger partial charge in [0.25, 0.3) is 0 Å². The molecule has 0 amide bonds. The van der Waals surface area contributed by atoms with Crippen LogP contribution in [0.15, 0.2) is 72.0 Å². The Morgan fingerprint density at radius 2 is 1.91 bits per heavy atom. The van der Waals surface area contributed by atoms with E-state index < -0.39 is 16.1 Å². The summed E-state index contributed by atoms with van der Waals surface area (Å²) in [7, 11) is -1.87. The number of benzene rings is 1. The van der Waals surface area contributed by atoms with Crippen LogP contribution in [-0.2, 0) is 16.6 Å². The van der Waals surface area contributed by atoms with Gasteiger partial charge in [-0.1, -0.05) is 19.1 Å². The maximum absolute atomic E-state index is 13.6. The Balaban J connectivity index is 1.72. The van der Waals surface area contributed by atoms with E-state index in [0.717, 1.165) is 16.8 Å². The van der Waals surface area contributed by atoms with Crippen LogP contribution >= 0.6 is 0 Å². The molecule has 1 N–H and O–H groups in total. The van der Waals surface area contributed by atoms with Crippen LogP contribution in [0.2, 0.25) is 0 Å². The molecule has 3 heterocycles. The Kier molecular flexibility index (Phi) is 7.81. The van der Waals surface area contributed by atoms with E-state index in [4.69, 9.17) is 4.74 Å². The third kappa shape index (κ3) is 5.70. The summed E-state index contributed by atoms with van der Waals surface area (Å²) >= 11 is 0. The molecule has 0 bridgehead atoms. The average Bonchev–Trinajstić information content (AvgIpc) is 2.86. The summed E-state index contributed by atoms with van der Waals surface area (Å²) in [4.78, 5) is 10.7. The molecule has 4 rings (SSSR count). The number of aliphatic hydroxyl groups excluding tert-OH is 1. The zero-order valence-corrected chi connectivity index (χ0v) is 21.1. The van der Waals surface area contributed by atoms with Gasteiger partial charge >= 0.3 is 0 Å². The van der Waals surface area contributed by atoms with Gasteiger partial charge in [0, 0.05) is 50.2 Å². The molecule has 35 heavy (non-hydrogen) atoms. The normalized spacial score (nSPS) is 20.9. The molecule has 8 nitrogen and oxygen atoms in total. The van der Waals surface area contributed by atoms with Crippen molar-refractivity contribution < 1.29 is 18.3 Å². The van der Waals surface area contributed by atoms with Crippen LogP contribution < -0.4 is 4.74 Å². The first-order valence-corrected chi connectivity index (χ1v) is 13.2. The van der Waals surface area contributed by atoms with Gasteiger partial charge in [-0.05, 0) is 61.5 Å². The summed E-state index contributed by atoms with van der Waals surface area (Å²) in [6.45, 7) is 4.92. The highest BCUT2D eigenvalue weighted by Gasteiger charge is 2.38. The Morgan fingerprint density at radius 1 is 1.14 bits per heavy atom. The largest absolute Gasteiger partial charge is 0.487 e. The quantitative estimate of drug-likeness (QED) is 0.537. The summed E-state index contributed by atoms with van der Waals surface area (Å²) < 4.78 is 35.2. The minimum absolute atomic E-state index is 0.111. The zero-order chi connectivity index (χ0) is 25.0. The topological polar surface area (TPSA) is 95.9 Å². The third-order valence-corrected chi connectivity index (χ3v) is 8.35. The van der Waals surface area contributed by atoms with Crippen LogP contribution in [0.25, 0.3) is 11.1 Å². The number of hydrogen-bond acceptors (Lipinski definition) is 7. The highest BCUT2D eigenvalue weighted by molar-refractivity contribution is 7.89. The molecule has 0 saturated heterocycles. The Bertz CT molecular complexity index is 1220. The van der Waals surface area contributed by atoms with E-state index in [1.54, 1.807) is 43.7 Å². The average molecular weight is 497 g/mol. The van der Waals surface area contributed by atoms with Gasteiger partial charge < -0.3 is 9.84 Å². The van der Waals surface area contributed by atoms with Crippen molar-refractivity contribution in [3.8, 4) is 16.9 Å². The lowest BCUT2D eigenvalue weighted by atomic mass is 10.0. The van der Waals surface area contributed by atoms with Gasteiger partial charge in [-0.3, -0.25) is 14.9 Å². The molecule has 0 spiro atoms. The molecule has 3 aromatic rings. The van der Waals surface area contributed by atoms with E-state index >= 15 is 0 Å². The second-order valence-corrected chi connectivity index (χ2v) is 11.0. The second-order valence-electron chi connectivity index (χ2n) is 9.16. The van der Waals surface area contributed by atoms with E-state index in [-0.39, 0.29) is 30.1 Å². The SMILES string of the molecule is C[C@@H]1CN([C@@H](C)CO)S(=O)(=O)c2ccc(-c3ccncc3)cc2O[C@@H]1CN(C)Cc1ccccn1. The number of hydrogen-bond donors (Lipinski definition) is 1. The number of pyridine rings is 2. The van der Waals surface area contributed by atoms with Crippen molar-refractivity contribution in [1.29, 1.82) is 0 Å². The third-order valence-electron chi connectivity index (χ3n) is 6.33. The molecule has 2 aromatic heterocycles. The molecule has 0 fully saturated rings. The van der Waals surface area contributed by atoms with Gasteiger partial charge in [0.1, 0.15) is 16.7 Å². The number of sulfonamides is 1. The van der Waals surface area contributed by atoms with Crippen molar-refractivity contribution in [2.24, 2.45) is 5.92 Å². The van der Waals surface area contributed by atoms with Gasteiger partial charge in [0.05, 0.1) is 12.3 Å². The van der Waals surface area contributed by atoms with Crippen LogP contribution in [0.4, 0.5) is 0 Å². The lowest BCUT2D eigenvalue weighted by Crippen LogP contribution is -2.49. The highest BCUT2D eigenvalue weighted by atomic mass is 32.2. The van der Waals surface area contributed by atoms with Crippen molar-refractivity contribution in [3.63, 3.8) is 0 Å². The minimum atomic E-state index is -3.87. The standard InChI is InChI=1S/C26H32N4O4S/c1-19-15-30(20(2)18-31)35(32,33)26-8-7-22(21-9-12-27-13-10-21)14-24(26)34-25(19)17-29(3)16-23-6-4-5-11-28-23/h4-14,19-20,25,31H,15-18H2,1-3H3/t19-,20+,25-/m1/s1. The smallest absolute Gasteiger partial charge is 0.247 e. The summed E-state index contributed by atoms with van der Waals surface area (Å²) in [5.41, 5.74) is 2.72. The molecule has 1 aliphatic heterocycles. The molecule has 186 valence electrons. The van der Waals surface area contributed by atoms with E-state index in [1.165, 1.54) is 4.31 Å². The lowest BCUT2D eigenvalue weighted by molar-refractivity contribution is 0.0731. The second kappa shape index (κ2) is 10.8. The number of likely N-dealkylation sites (N-methyl/N-ethyl adjacent to an activating group) is 1. The van der Waals surface area contributed by atoms with E-state index in [2.05, 4.69) is 14.9 Å². The number of aliphatic hydroxyl groups is 1. The molecule has 9 heteroatoms. The zero-order valence-electron chi connectivity index (χ0n) is 20.3. The van der Waals surface area contributed by atoms with E-state index in [1.807, 2.05) is 44.3 Å². The van der Waals surface area contributed by atoms with Crippen molar-refractivity contribution in [2.45, 2.75) is 37.4 Å². The van der Waals surface area contributed by atoms with E-state index in [0.29, 0.717) is 18.8 Å². The molecule has 0 saturated carbocycles. The number of ether oxygens (including phenoxy) is 1.